The van der Waals surface area contributed by atoms with Crippen molar-refractivity contribution in [3.8, 4) is 0 Å². The summed E-state index contributed by atoms with van der Waals surface area (Å²) in [4.78, 5) is 8.80. The summed E-state index contributed by atoms with van der Waals surface area (Å²) in [6.45, 7) is -0.269. The molecule has 0 fully saturated rings. The molecule has 0 aliphatic carbocycles. The molecule has 0 bridgehead atoms. The first-order chi connectivity index (χ1) is 9.53. The number of nitrogens with one attached hydrogen (secondary N) is 1. The average Bonchev–Trinajstić information content (AvgIpc) is 2.33. The van der Waals surface area contributed by atoms with Crippen molar-refractivity contribution in [2.24, 2.45) is 5.14 Å². The molecule has 0 saturated heterocycles. The summed E-state index contributed by atoms with van der Waals surface area (Å²) in [6.07, 6.45) is -0.0906. The van der Waals surface area contributed by atoms with E-state index in [2.05, 4.69) is 0 Å². The molecule has 0 aliphatic heterocycles. The van der Waals surface area contributed by atoms with E-state index in [0.717, 1.165) is 12.1 Å². The summed E-state index contributed by atoms with van der Waals surface area (Å²) < 4.78 is 60.4. The second-order valence-corrected chi connectivity index (χ2v) is 7.46. The van der Waals surface area contributed by atoms with Crippen molar-refractivity contribution in [2.75, 3.05) is 12.3 Å². The Morgan fingerprint density at radius 3 is 2.38 bits per heavy atom. The molecule has 0 spiro atoms. The van der Waals surface area contributed by atoms with Crippen LogP contribution < -0.4 is 9.86 Å². The van der Waals surface area contributed by atoms with Gasteiger partial charge in [0.25, 0.3) is 5.69 Å². The van der Waals surface area contributed by atoms with E-state index in [0.29, 0.717) is 6.07 Å². The Labute approximate surface area is 120 Å². The van der Waals surface area contributed by atoms with Crippen molar-refractivity contribution >= 4 is 25.7 Å². The van der Waals surface area contributed by atoms with Crippen LogP contribution in [0.15, 0.2) is 23.1 Å². The van der Waals surface area contributed by atoms with Gasteiger partial charge in [-0.3, -0.25) is 10.1 Å². The van der Waals surface area contributed by atoms with Gasteiger partial charge in [0.1, 0.15) is 10.7 Å². The number of nitro groups is 1. The van der Waals surface area contributed by atoms with E-state index in [1.165, 1.54) is 0 Å². The van der Waals surface area contributed by atoms with Crippen LogP contribution in [0, 0.1) is 15.9 Å². The Bertz CT molecular complexity index is 747. The Hall–Kier alpha value is -1.63. The lowest BCUT2D eigenvalue weighted by atomic mass is 10.3. The van der Waals surface area contributed by atoms with Gasteiger partial charge in [0.05, 0.1) is 16.7 Å². The Kier molecular flexibility index (Phi) is 5.33. The van der Waals surface area contributed by atoms with E-state index >= 15 is 0 Å². The van der Waals surface area contributed by atoms with Crippen LogP contribution in [0.25, 0.3) is 0 Å². The van der Waals surface area contributed by atoms with Gasteiger partial charge in [-0.05, 0) is 12.5 Å². The smallest absolute Gasteiger partial charge is 0.258 e. The maximum atomic E-state index is 13.6. The second kappa shape index (κ2) is 6.43. The summed E-state index contributed by atoms with van der Waals surface area (Å²) in [5, 5.41) is 15.2. The average molecular weight is 341 g/mol. The highest BCUT2D eigenvalue weighted by molar-refractivity contribution is 7.89. The number of hydrogen-bond donors (Lipinski definition) is 2. The molecule has 1 rings (SSSR count). The molecular weight excluding hydrogens is 329 g/mol. The highest BCUT2D eigenvalue weighted by atomic mass is 32.2. The lowest BCUT2D eigenvalue weighted by molar-refractivity contribution is -0.385. The Balaban J connectivity index is 2.81. The van der Waals surface area contributed by atoms with Crippen molar-refractivity contribution in [2.45, 2.75) is 11.3 Å². The number of halogens is 1. The minimum Gasteiger partial charge on any atom is -0.258 e. The molecule has 0 amide bonds. The van der Waals surface area contributed by atoms with E-state index in [4.69, 9.17) is 5.14 Å². The normalized spacial score (nSPS) is 12.3. The predicted molar refractivity (Wildman–Crippen MR) is 70.8 cm³/mol. The van der Waals surface area contributed by atoms with Gasteiger partial charge in [-0.25, -0.2) is 31.1 Å². The first kappa shape index (κ1) is 17.4. The van der Waals surface area contributed by atoms with Crippen LogP contribution in [0.5, 0.6) is 0 Å². The van der Waals surface area contributed by atoms with Crippen molar-refractivity contribution in [1.29, 1.82) is 0 Å². The van der Waals surface area contributed by atoms with Crippen molar-refractivity contribution in [1.82, 2.24) is 4.72 Å². The number of non-ortho nitro benzene ring substituents is 1. The van der Waals surface area contributed by atoms with Gasteiger partial charge in [0.15, 0.2) is 0 Å². The van der Waals surface area contributed by atoms with Crippen LogP contribution in [-0.2, 0) is 20.0 Å². The third-order valence-electron chi connectivity index (χ3n) is 2.31. The number of hydrogen-bond acceptors (Lipinski definition) is 6. The second-order valence-electron chi connectivity index (χ2n) is 3.99. The first-order valence-corrected chi connectivity index (χ1v) is 8.67. The van der Waals surface area contributed by atoms with Gasteiger partial charge in [0, 0.05) is 12.6 Å². The van der Waals surface area contributed by atoms with Gasteiger partial charge in [-0.2, -0.15) is 0 Å². The molecule has 3 N–H and O–H groups in total. The summed E-state index contributed by atoms with van der Waals surface area (Å²) in [7, 11) is -7.95. The van der Waals surface area contributed by atoms with E-state index in [-0.39, 0.29) is 13.0 Å². The van der Waals surface area contributed by atoms with Crippen LogP contribution >= 0.6 is 0 Å². The molecule has 21 heavy (non-hydrogen) atoms. The largest absolute Gasteiger partial charge is 0.272 e. The standard InChI is InChI=1S/C9H12FN3O6S2/c10-8-6-7(13(14)15)2-3-9(8)21(18,19)12-4-1-5-20(11,16)17/h2-3,6,12H,1,4-5H2,(H2,11,16,17). The van der Waals surface area contributed by atoms with Gasteiger partial charge in [-0.15, -0.1) is 0 Å². The molecule has 12 heteroatoms. The Morgan fingerprint density at radius 2 is 1.90 bits per heavy atom. The Morgan fingerprint density at radius 1 is 1.29 bits per heavy atom. The van der Waals surface area contributed by atoms with Gasteiger partial charge in [0.2, 0.25) is 20.0 Å². The first-order valence-electron chi connectivity index (χ1n) is 5.47. The lowest BCUT2D eigenvalue weighted by Crippen LogP contribution is -2.28. The minimum absolute atomic E-state index is 0.0906. The molecule has 0 aromatic heterocycles. The van der Waals surface area contributed by atoms with Crippen LogP contribution in [0.3, 0.4) is 0 Å². The molecule has 118 valence electrons. The fraction of sp³-hybridized carbons (Fsp3) is 0.333. The molecule has 0 saturated carbocycles. The quantitative estimate of drug-likeness (QED) is 0.394. The van der Waals surface area contributed by atoms with Crippen LogP contribution in [0.2, 0.25) is 0 Å². The third-order valence-corrected chi connectivity index (χ3v) is 4.67. The number of primary sulfonamides is 1. The van der Waals surface area contributed by atoms with E-state index in [1.54, 1.807) is 0 Å². The summed E-state index contributed by atoms with van der Waals surface area (Å²) in [5.41, 5.74) is -0.583. The molecule has 9 nitrogen and oxygen atoms in total. The number of benzene rings is 1. The van der Waals surface area contributed by atoms with Gasteiger partial charge < -0.3 is 0 Å². The number of rotatable bonds is 7. The van der Waals surface area contributed by atoms with Crippen molar-refractivity contribution < 1.29 is 26.1 Å². The lowest BCUT2D eigenvalue weighted by Gasteiger charge is -2.07. The zero-order chi connectivity index (χ0) is 16.3. The fourth-order valence-electron chi connectivity index (χ4n) is 1.38. The molecule has 0 heterocycles. The van der Waals surface area contributed by atoms with Crippen LogP contribution in [-0.4, -0.2) is 34.1 Å². The summed E-state index contributed by atoms with van der Waals surface area (Å²) >= 11 is 0. The number of sulfonamides is 2. The highest BCUT2D eigenvalue weighted by Gasteiger charge is 2.21. The number of nitrogens with two attached hydrogens (primary N) is 1. The summed E-state index contributed by atoms with van der Waals surface area (Å²) in [5.74, 6) is -1.71. The highest BCUT2D eigenvalue weighted by Crippen LogP contribution is 2.20. The minimum atomic E-state index is -4.23. The third kappa shape index (κ3) is 5.34. The molecule has 0 aliphatic rings. The topological polar surface area (TPSA) is 149 Å². The molecule has 0 unspecified atom stereocenters. The zero-order valence-electron chi connectivity index (χ0n) is 10.5. The molecule has 0 radical (unpaired) electrons. The van der Waals surface area contributed by atoms with Gasteiger partial charge in [-0.1, -0.05) is 0 Å². The van der Waals surface area contributed by atoms with Crippen molar-refractivity contribution in [3.63, 3.8) is 0 Å². The van der Waals surface area contributed by atoms with E-state index in [9.17, 15) is 31.3 Å². The summed E-state index contributed by atoms with van der Waals surface area (Å²) in [6, 6.07) is 2.09. The molecule has 1 aromatic rings. The number of nitrogens with zero attached hydrogens (tertiary/aromatic N) is 1. The SMILES string of the molecule is NS(=O)(=O)CCCNS(=O)(=O)c1ccc([N+](=O)[O-])cc1F. The van der Waals surface area contributed by atoms with Crippen molar-refractivity contribution in [3.05, 3.63) is 34.1 Å². The monoisotopic (exact) mass is 341 g/mol. The van der Waals surface area contributed by atoms with Crippen LogP contribution in [0.4, 0.5) is 10.1 Å². The molecule has 1 aromatic carbocycles. The fourth-order valence-corrected chi connectivity index (χ4v) is 3.06. The molecular formula is C9H12FN3O6S2. The zero-order valence-corrected chi connectivity index (χ0v) is 12.2. The number of nitro benzene ring substituents is 1. The van der Waals surface area contributed by atoms with Gasteiger partial charge >= 0.3 is 0 Å². The predicted octanol–water partition coefficient (Wildman–Crippen LogP) is -0.309. The maximum absolute atomic E-state index is 13.6. The van der Waals surface area contributed by atoms with E-state index < -0.39 is 47.1 Å². The maximum Gasteiger partial charge on any atom is 0.272 e. The van der Waals surface area contributed by atoms with Crippen LogP contribution in [0.1, 0.15) is 6.42 Å². The molecule has 0 atom stereocenters. The van der Waals surface area contributed by atoms with E-state index in [1.807, 2.05) is 4.72 Å².